The predicted molar refractivity (Wildman–Crippen MR) is 148 cm³/mol. The largest absolute Gasteiger partial charge is 3.00 e. The molecule has 0 fully saturated rings. The van der Waals surface area contributed by atoms with Gasteiger partial charge in [-0.05, 0) is 58.1 Å². The normalized spacial score (nSPS) is 11.1. The Morgan fingerprint density at radius 2 is 0.763 bits per heavy atom. The van der Waals surface area contributed by atoms with E-state index in [1.165, 1.54) is 22.3 Å². The molecule has 0 spiro atoms. The minimum atomic E-state index is 0. The van der Waals surface area contributed by atoms with Gasteiger partial charge in [0.1, 0.15) is 0 Å². The van der Waals surface area contributed by atoms with Gasteiger partial charge in [-0.3, -0.25) is 9.98 Å². The number of aliphatic imine (C=N–C) groups is 2. The molecule has 0 N–H and O–H groups in total. The molecule has 3 nitrogen and oxygen atoms in total. The van der Waals surface area contributed by atoms with E-state index in [0.29, 0.717) is 23.7 Å². The summed E-state index contributed by atoms with van der Waals surface area (Å²) in [5.41, 5.74) is 8.88. The molecule has 3 rings (SSSR count). The molecule has 0 aliphatic carbocycles. The van der Waals surface area contributed by atoms with E-state index in [1.807, 2.05) is 30.6 Å². The van der Waals surface area contributed by atoms with Crippen molar-refractivity contribution in [1.29, 1.82) is 0 Å². The molecule has 0 atom stereocenters. The zero-order valence-corrected chi connectivity index (χ0v) is 27.2. The van der Waals surface area contributed by atoms with E-state index >= 15 is 0 Å². The molecule has 0 saturated heterocycles. The summed E-state index contributed by atoms with van der Waals surface area (Å²) in [5, 5.41) is 0. The van der Waals surface area contributed by atoms with Gasteiger partial charge in [-0.1, -0.05) is 97.9 Å². The first kappa shape index (κ1) is 38.5. The van der Waals surface area contributed by atoms with E-state index in [1.54, 1.807) is 0 Å². The van der Waals surface area contributed by atoms with Crippen LogP contribution in [0, 0.1) is 0 Å². The number of benzene rings is 2. The van der Waals surface area contributed by atoms with E-state index in [-0.39, 0.29) is 55.8 Å². The van der Waals surface area contributed by atoms with Gasteiger partial charge in [0, 0.05) is 0 Å². The maximum absolute atomic E-state index is 4.92. The Balaban J connectivity index is 0. The summed E-state index contributed by atoms with van der Waals surface area (Å²) in [6.07, 6.45) is 3.76. The van der Waals surface area contributed by atoms with Crippen molar-refractivity contribution in [3.8, 4) is 0 Å². The number of halogens is 3. The van der Waals surface area contributed by atoms with Gasteiger partial charge in [0.05, 0.1) is 35.2 Å². The van der Waals surface area contributed by atoms with Gasteiger partial charge in [0.2, 0.25) is 0 Å². The molecule has 204 valence electrons. The van der Waals surface area contributed by atoms with Crippen LogP contribution in [0.2, 0.25) is 0 Å². The van der Waals surface area contributed by atoms with Crippen LogP contribution in [0.5, 0.6) is 0 Å². The van der Waals surface area contributed by atoms with Crippen LogP contribution in [0.15, 0.2) is 64.6 Å². The van der Waals surface area contributed by atoms with Crippen molar-refractivity contribution >= 4 is 23.8 Å². The molecule has 0 unspecified atom stereocenters. The van der Waals surface area contributed by atoms with Gasteiger partial charge < -0.3 is 37.2 Å². The minimum absolute atomic E-state index is 0. The summed E-state index contributed by atoms with van der Waals surface area (Å²) in [5.74, 6) is 1.64. The molecule has 0 saturated carbocycles. The van der Waals surface area contributed by atoms with E-state index in [2.05, 4.69) is 91.8 Å². The zero-order chi connectivity index (χ0) is 24.8. The van der Waals surface area contributed by atoms with Crippen LogP contribution in [0.4, 0.5) is 11.4 Å². The second kappa shape index (κ2) is 17.9. The van der Waals surface area contributed by atoms with E-state index in [9.17, 15) is 0 Å². The number of rotatable bonds is 8. The summed E-state index contributed by atoms with van der Waals surface area (Å²) < 4.78 is 0. The van der Waals surface area contributed by atoms with Crippen LogP contribution >= 0.6 is 0 Å². The predicted octanol–water partition coefficient (Wildman–Crippen LogP) is 0.0859. The van der Waals surface area contributed by atoms with Crippen molar-refractivity contribution in [2.24, 2.45) is 9.98 Å². The Bertz CT molecular complexity index is 1050. The number of aromatic nitrogens is 1. The monoisotopic (exact) mass is 609 g/mol. The van der Waals surface area contributed by atoms with Gasteiger partial charge in [0.25, 0.3) is 0 Å². The van der Waals surface area contributed by atoms with Crippen LogP contribution in [0.3, 0.4) is 0 Å². The third-order valence-electron chi connectivity index (χ3n) is 6.13. The number of hydrogen-bond acceptors (Lipinski definition) is 3. The third kappa shape index (κ3) is 9.85. The Hall–Kier alpha value is -1.62. The average molecular weight is 611 g/mol. The molecule has 38 heavy (non-hydrogen) atoms. The van der Waals surface area contributed by atoms with Gasteiger partial charge in [-0.25, -0.2) is 4.98 Å². The van der Waals surface area contributed by atoms with Crippen LogP contribution in [-0.4, -0.2) is 17.4 Å². The Kier molecular flexibility index (Phi) is 18.1. The molecule has 0 radical (unpaired) electrons. The molecule has 7 heteroatoms. The smallest absolute Gasteiger partial charge is 1.00 e. The second-order valence-electron chi connectivity index (χ2n) is 10.2. The average Bonchev–Trinajstić information content (AvgIpc) is 2.80. The Morgan fingerprint density at radius 1 is 0.500 bits per heavy atom. The van der Waals surface area contributed by atoms with Crippen LogP contribution in [-0.2, 0) is 18.6 Å². The number of para-hydroxylation sites is 2. The molecule has 3 aromatic rings. The van der Waals surface area contributed by atoms with Crippen LogP contribution in [0.1, 0.15) is 113 Å². The molecule has 0 bridgehead atoms. The van der Waals surface area contributed by atoms with E-state index in [4.69, 9.17) is 15.0 Å². The van der Waals surface area contributed by atoms with Gasteiger partial charge in [-0.2, -0.15) is 0 Å². The van der Waals surface area contributed by atoms with Crippen molar-refractivity contribution < 1.29 is 55.8 Å². The quantitative estimate of drug-likeness (QED) is 0.333. The van der Waals surface area contributed by atoms with Crippen molar-refractivity contribution in [2.75, 3.05) is 0 Å². The third-order valence-corrected chi connectivity index (χ3v) is 6.13. The molecular weight excluding hydrogens is 572 g/mol. The standard InChI is InChI=1S/C31H39N3.3ClH.V/c1-20(2)26-14-10-15-27(21(3)4)30(26)32-18-24-12-9-13-25(34-24)19-33-31-28(22(5)6)16-11-17-29(31)23(7)8;;;;/h9-23H,1-8H3;3*1H;/q;;;;+3/p-3. The summed E-state index contributed by atoms with van der Waals surface area (Å²) in [6, 6.07) is 19.0. The molecule has 0 amide bonds. The van der Waals surface area contributed by atoms with E-state index in [0.717, 1.165) is 22.8 Å². The van der Waals surface area contributed by atoms with Gasteiger partial charge in [-0.15, -0.1) is 0 Å². The fraction of sp³-hybridized carbons (Fsp3) is 0.387. The summed E-state index contributed by atoms with van der Waals surface area (Å²) >= 11 is 0. The fourth-order valence-corrected chi connectivity index (χ4v) is 4.20. The van der Waals surface area contributed by atoms with Crippen molar-refractivity contribution in [2.45, 2.75) is 79.1 Å². The van der Waals surface area contributed by atoms with Crippen molar-refractivity contribution in [3.05, 3.63) is 88.2 Å². The zero-order valence-electron chi connectivity index (χ0n) is 23.6. The maximum Gasteiger partial charge on any atom is 3.00 e. The fourth-order valence-electron chi connectivity index (χ4n) is 4.20. The minimum Gasteiger partial charge on any atom is -1.00 e. The van der Waals surface area contributed by atoms with Crippen LogP contribution in [0.25, 0.3) is 0 Å². The van der Waals surface area contributed by atoms with E-state index < -0.39 is 0 Å². The molecule has 2 aromatic carbocycles. The molecule has 0 aliphatic heterocycles. The topological polar surface area (TPSA) is 37.6 Å². The Morgan fingerprint density at radius 3 is 1.03 bits per heavy atom. The van der Waals surface area contributed by atoms with Crippen LogP contribution < -0.4 is 37.2 Å². The van der Waals surface area contributed by atoms with Crippen molar-refractivity contribution in [1.82, 2.24) is 4.98 Å². The first-order chi connectivity index (χ1) is 16.2. The second-order valence-corrected chi connectivity index (χ2v) is 10.2. The molecule has 1 aromatic heterocycles. The number of nitrogens with zero attached hydrogens (tertiary/aromatic N) is 3. The summed E-state index contributed by atoms with van der Waals surface area (Å²) in [7, 11) is 0. The number of pyridine rings is 1. The Labute approximate surface area is 260 Å². The molecule has 0 aliphatic rings. The first-order valence-corrected chi connectivity index (χ1v) is 12.5. The SMILES string of the molecule is CC(C)c1cccc(C(C)C)c1N=Cc1cccc(C=Nc2c(C(C)C)cccc2C(C)C)n1.[Cl-].[Cl-].[Cl-].[V+3]. The first-order valence-electron chi connectivity index (χ1n) is 12.5. The number of hydrogen-bond donors (Lipinski definition) is 0. The van der Waals surface area contributed by atoms with Gasteiger partial charge in [0.15, 0.2) is 0 Å². The molecule has 1 heterocycles. The maximum atomic E-state index is 4.92. The summed E-state index contributed by atoms with van der Waals surface area (Å²) in [4.78, 5) is 14.6. The van der Waals surface area contributed by atoms with Gasteiger partial charge >= 0.3 is 18.6 Å². The van der Waals surface area contributed by atoms with Crippen molar-refractivity contribution in [3.63, 3.8) is 0 Å². The summed E-state index contributed by atoms with van der Waals surface area (Å²) in [6.45, 7) is 17.7. The molecular formula is C31H39Cl3N3V.